The standard InChI is InChI=1S/C16H19BO3S/c1-10-14-15(17)20-16(10,11(2)21-14)8-13(18)19-9-12-6-4-3-5-7-12/h3-7,10-11,14-15H,8-9H2,1-2H3/t10?,11-,14+,15-,16-/m1/s1. The molecule has 1 unspecified atom stereocenters. The lowest BCUT2D eigenvalue weighted by Gasteiger charge is -2.35. The average Bonchev–Trinajstić information content (AvgIpc) is 2.84. The smallest absolute Gasteiger partial charge is 0.309 e. The average molecular weight is 302 g/mol. The minimum Gasteiger partial charge on any atom is -0.461 e. The Morgan fingerprint density at radius 1 is 1.38 bits per heavy atom. The molecule has 5 atom stereocenters. The van der Waals surface area contributed by atoms with E-state index in [2.05, 4.69) is 13.8 Å². The van der Waals surface area contributed by atoms with Gasteiger partial charge in [-0.15, -0.1) is 0 Å². The number of rotatable bonds is 4. The first kappa shape index (κ1) is 15.0. The molecular formula is C16H19BO3S. The van der Waals surface area contributed by atoms with Gasteiger partial charge >= 0.3 is 5.97 Å². The molecule has 5 heteroatoms. The second-order valence-electron chi connectivity index (χ2n) is 5.89. The Balaban J connectivity index is 1.62. The summed E-state index contributed by atoms with van der Waals surface area (Å²) in [6.45, 7) is 4.54. The molecule has 3 rings (SSSR count). The largest absolute Gasteiger partial charge is 0.461 e. The minimum absolute atomic E-state index is 0.215. The Labute approximate surface area is 131 Å². The molecule has 1 aromatic carbocycles. The first-order valence-corrected chi connectivity index (χ1v) is 8.25. The lowest BCUT2D eigenvalue weighted by Crippen LogP contribution is -2.44. The fraction of sp³-hybridized carbons (Fsp3) is 0.562. The lowest BCUT2D eigenvalue weighted by atomic mass is 9.82. The summed E-state index contributed by atoms with van der Waals surface area (Å²) in [5, 5.41) is 0.545. The maximum absolute atomic E-state index is 12.2. The van der Waals surface area contributed by atoms with Crippen LogP contribution < -0.4 is 0 Å². The number of carbonyl (C=O) groups is 1. The third-order valence-electron chi connectivity index (χ3n) is 4.66. The molecule has 2 bridgehead atoms. The molecule has 0 N–H and O–H groups in total. The maximum Gasteiger partial charge on any atom is 0.309 e. The number of carbonyl (C=O) groups excluding carboxylic acids is 1. The van der Waals surface area contributed by atoms with Crippen LogP contribution in [0.3, 0.4) is 0 Å². The van der Waals surface area contributed by atoms with Crippen LogP contribution in [0.4, 0.5) is 0 Å². The Morgan fingerprint density at radius 3 is 2.71 bits per heavy atom. The van der Waals surface area contributed by atoms with Crippen molar-refractivity contribution in [1.82, 2.24) is 0 Å². The van der Waals surface area contributed by atoms with E-state index in [1.54, 1.807) is 0 Å². The third kappa shape index (κ3) is 2.62. The van der Waals surface area contributed by atoms with Gasteiger partial charge in [-0.25, -0.2) is 0 Å². The van der Waals surface area contributed by atoms with Crippen LogP contribution in [0.15, 0.2) is 30.3 Å². The minimum atomic E-state index is -0.470. The Kier molecular flexibility index (Phi) is 4.06. The van der Waals surface area contributed by atoms with Gasteiger partial charge in [0, 0.05) is 22.4 Å². The summed E-state index contributed by atoms with van der Waals surface area (Å²) in [6.07, 6.45) is 0.277. The van der Waals surface area contributed by atoms with Crippen LogP contribution in [-0.2, 0) is 20.9 Å². The zero-order chi connectivity index (χ0) is 15.0. The van der Waals surface area contributed by atoms with Crippen LogP contribution in [0.1, 0.15) is 25.8 Å². The van der Waals surface area contributed by atoms with Gasteiger partial charge in [0.15, 0.2) is 0 Å². The molecule has 0 spiro atoms. The van der Waals surface area contributed by atoms with Gasteiger partial charge < -0.3 is 9.47 Å². The predicted molar refractivity (Wildman–Crippen MR) is 84.2 cm³/mol. The highest BCUT2D eigenvalue weighted by atomic mass is 32.2. The van der Waals surface area contributed by atoms with Crippen molar-refractivity contribution in [2.45, 2.75) is 49.0 Å². The summed E-state index contributed by atoms with van der Waals surface area (Å²) in [7, 11) is 6.00. The molecule has 2 saturated heterocycles. The van der Waals surface area contributed by atoms with E-state index in [9.17, 15) is 4.79 Å². The maximum atomic E-state index is 12.2. The van der Waals surface area contributed by atoms with Gasteiger partial charge in [-0.1, -0.05) is 44.2 Å². The van der Waals surface area contributed by atoms with Crippen LogP contribution in [0.25, 0.3) is 0 Å². The fourth-order valence-electron chi connectivity index (χ4n) is 3.36. The predicted octanol–water partition coefficient (Wildman–Crippen LogP) is 2.52. The van der Waals surface area contributed by atoms with Crippen LogP contribution in [0.2, 0.25) is 0 Å². The molecule has 2 fully saturated rings. The van der Waals surface area contributed by atoms with Crippen molar-refractivity contribution in [3.8, 4) is 0 Å². The molecule has 0 saturated carbocycles. The van der Waals surface area contributed by atoms with Crippen LogP contribution in [-0.4, -0.2) is 35.9 Å². The van der Waals surface area contributed by atoms with E-state index in [1.165, 1.54) is 0 Å². The van der Waals surface area contributed by atoms with Gasteiger partial charge in [-0.2, -0.15) is 11.8 Å². The molecule has 110 valence electrons. The summed E-state index contributed by atoms with van der Waals surface area (Å²) in [5.41, 5.74) is 0.523. The number of thioether (sulfide) groups is 1. The van der Waals surface area contributed by atoms with Gasteiger partial charge in [0.2, 0.25) is 0 Å². The first-order valence-electron chi connectivity index (χ1n) is 7.31. The number of fused-ring (bicyclic) bond motifs is 2. The number of ether oxygens (including phenoxy) is 2. The summed E-state index contributed by atoms with van der Waals surface area (Å²) in [5.74, 6) is 0.0599. The Hall–Kier alpha value is -0.935. The highest BCUT2D eigenvalue weighted by Gasteiger charge is 2.61. The van der Waals surface area contributed by atoms with Crippen LogP contribution in [0.5, 0.6) is 0 Å². The molecule has 3 nitrogen and oxygen atoms in total. The Bertz CT molecular complexity index is 524. The number of hydrogen-bond donors (Lipinski definition) is 0. The highest BCUT2D eigenvalue weighted by molar-refractivity contribution is 8.01. The normalized spacial score (nSPS) is 37.6. The summed E-state index contributed by atoms with van der Waals surface area (Å²) >= 11 is 1.83. The van der Waals surface area contributed by atoms with E-state index >= 15 is 0 Å². The molecule has 0 amide bonds. The SMILES string of the molecule is [B][C@@H]1O[C@]2(CC(=O)OCc3ccccc3)C(C)[C@@H]1S[C@@H]2C. The molecule has 0 aliphatic carbocycles. The molecule has 2 aliphatic heterocycles. The van der Waals surface area contributed by atoms with Crippen LogP contribution in [0, 0.1) is 5.92 Å². The van der Waals surface area contributed by atoms with Gasteiger partial charge in [0.25, 0.3) is 0 Å². The number of benzene rings is 1. The summed E-state index contributed by atoms with van der Waals surface area (Å²) in [6, 6.07) is 9.42. The van der Waals surface area contributed by atoms with E-state index in [4.69, 9.17) is 17.3 Å². The van der Waals surface area contributed by atoms with Crippen molar-refractivity contribution >= 4 is 25.6 Å². The molecular weight excluding hydrogens is 283 g/mol. The fourth-order valence-corrected chi connectivity index (χ4v) is 5.10. The highest BCUT2D eigenvalue weighted by Crippen LogP contribution is 2.56. The zero-order valence-electron chi connectivity index (χ0n) is 12.3. The van der Waals surface area contributed by atoms with Gasteiger partial charge in [-0.3, -0.25) is 4.79 Å². The van der Waals surface area contributed by atoms with E-state index in [0.717, 1.165) is 5.56 Å². The summed E-state index contributed by atoms with van der Waals surface area (Å²) < 4.78 is 11.3. The number of hydrogen-bond acceptors (Lipinski definition) is 4. The van der Waals surface area contributed by atoms with Gasteiger partial charge in [0.1, 0.15) is 14.5 Å². The molecule has 21 heavy (non-hydrogen) atoms. The zero-order valence-corrected chi connectivity index (χ0v) is 13.1. The number of esters is 1. The molecule has 2 radical (unpaired) electrons. The van der Waals surface area contributed by atoms with Crippen molar-refractivity contribution in [2.24, 2.45) is 5.92 Å². The van der Waals surface area contributed by atoms with Crippen molar-refractivity contribution in [2.75, 3.05) is 0 Å². The van der Waals surface area contributed by atoms with E-state index in [-0.39, 0.29) is 34.8 Å². The van der Waals surface area contributed by atoms with Gasteiger partial charge in [-0.05, 0) is 5.56 Å². The third-order valence-corrected chi connectivity index (χ3v) is 6.45. The molecule has 2 aliphatic rings. The van der Waals surface area contributed by atoms with Crippen LogP contribution >= 0.6 is 11.8 Å². The van der Waals surface area contributed by atoms with Crippen molar-refractivity contribution < 1.29 is 14.3 Å². The molecule has 1 aromatic rings. The van der Waals surface area contributed by atoms with E-state index in [0.29, 0.717) is 6.61 Å². The monoisotopic (exact) mass is 302 g/mol. The van der Waals surface area contributed by atoms with E-state index < -0.39 is 5.60 Å². The van der Waals surface area contributed by atoms with Crippen molar-refractivity contribution in [1.29, 1.82) is 0 Å². The first-order chi connectivity index (χ1) is 10.0. The topological polar surface area (TPSA) is 35.5 Å². The molecule has 0 aromatic heterocycles. The quantitative estimate of drug-likeness (QED) is 0.632. The lowest BCUT2D eigenvalue weighted by molar-refractivity contribution is -0.153. The second kappa shape index (κ2) is 5.69. The molecule has 2 heterocycles. The second-order valence-corrected chi connectivity index (χ2v) is 7.42. The summed E-state index contributed by atoms with van der Waals surface area (Å²) in [4.78, 5) is 12.2. The van der Waals surface area contributed by atoms with Gasteiger partial charge in [0.05, 0.1) is 12.0 Å². The van der Waals surface area contributed by atoms with Crippen molar-refractivity contribution in [3.63, 3.8) is 0 Å². The Morgan fingerprint density at radius 2 is 2.10 bits per heavy atom. The van der Waals surface area contributed by atoms with Crippen molar-refractivity contribution in [3.05, 3.63) is 35.9 Å². The van der Waals surface area contributed by atoms with E-state index in [1.807, 2.05) is 42.1 Å².